The summed E-state index contributed by atoms with van der Waals surface area (Å²) in [5, 5.41) is 3.53. The lowest BCUT2D eigenvalue weighted by atomic mass is 10.1. The van der Waals surface area contributed by atoms with Gasteiger partial charge in [-0.25, -0.2) is 9.78 Å². The fourth-order valence-corrected chi connectivity index (χ4v) is 4.37. The normalized spacial score (nSPS) is 11.9. The molecular formula is C28H30N4O2. The van der Waals surface area contributed by atoms with Crippen LogP contribution in [0.1, 0.15) is 42.4 Å². The summed E-state index contributed by atoms with van der Waals surface area (Å²) in [5.74, 6) is 0.525. The van der Waals surface area contributed by atoms with Crippen LogP contribution in [0.4, 0.5) is 10.5 Å². The molecular weight excluding hydrogens is 424 g/mol. The SMILES string of the molecule is CCN(C(=O)Nc1cccc(C)c1)C(C)c1nc2ccccc2c(=O)n1-c1ccc(C)cc1C. The van der Waals surface area contributed by atoms with Gasteiger partial charge in [0.1, 0.15) is 5.82 Å². The lowest BCUT2D eigenvalue weighted by Crippen LogP contribution is -2.39. The van der Waals surface area contributed by atoms with Crippen molar-refractivity contribution in [3.05, 3.63) is 99.6 Å². The fourth-order valence-electron chi connectivity index (χ4n) is 4.37. The van der Waals surface area contributed by atoms with Gasteiger partial charge < -0.3 is 10.2 Å². The van der Waals surface area contributed by atoms with E-state index in [9.17, 15) is 9.59 Å². The summed E-state index contributed by atoms with van der Waals surface area (Å²) in [5.41, 5.74) is 5.12. The molecule has 3 aromatic carbocycles. The number of carbonyl (C=O) groups is 1. The maximum Gasteiger partial charge on any atom is 0.322 e. The predicted molar refractivity (Wildman–Crippen MR) is 138 cm³/mol. The molecule has 0 aliphatic carbocycles. The van der Waals surface area contributed by atoms with Crippen molar-refractivity contribution in [1.82, 2.24) is 14.5 Å². The maximum absolute atomic E-state index is 13.7. The van der Waals surface area contributed by atoms with E-state index in [0.717, 1.165) is 28.1 Å². The van der Waals surface area contributed by atoms with Crippen LogP contribution in [-0.2, 0) is 0 Å². The Morgan fingerprint density at radius 3 is 2.44 bits per heavy atom. The van der Waals surface area contributed by atoms with Crippen LogP contribution < -0.4 is 10.9 Å². The molecule has 0 saturated carbocycles. The molecule has 174 valence electrons. The second-order valence-corrected chi connectivity index (χ2v) is 8.68. The van der Waals surface area contributed by atoms with Crippen molar-refractivity contribution in [2.75, 3.05) is 11.9 Å². The molecule has 6 heteroatoms. The van der Waals surface area contributed by atoms with Crippen LogP contribution in [0.5, 0.6) is 0 Å². The second kappa shape index (κ2) is 9.51. The van der Waals surface area contributed by atoms with Crippen LogP contribution in [0.15, 0.2) is 71.5 Å². The summed E-state index contributed by atoms with van der Waals surface area (Å²) < 4.78 is 1.66. The minimum Gasteiger partial charge on any atom is -0.315 e. The molecule has 4 rings (SSSR count). The van der Waals surface area contributed by atoms with E-state index in [-0.39, 0.29) is 11.6 Å². The number of rotatable bonds is 5. The molecule has 1 unspecified atom stereocenters. The average molecular weight is 455 g/mol. The van der Waals surface area contributed by atoms with Gasteiger partial charge in [0.2, 0.25) is 0 Å². The Hall–Kier alpha value is -3.93. The number of carbonyl (C=O) groups excluding carboxylic acids is 1. The third kappa shape index (κ3) is 4.44. The van der Waals surface area contributed by atoms with Gasteiger partial charge in [0.25, 0.3) is 5.56 Å². The van der Waals surface area contributed by atoms with Crippen molar-refractivity contribution in [2.24, 2.45) is 0 Å². The van der Waals surface area contributed by atoms with Crippen LogP contribution in [0.3, 0.4) is 0 Å². The number of para-hydroxylation sites is 1. The first-order valence-electron chi connectivity index (χ1n) is 11.5. The van der Waals surface area contributed by atoms with Crippen molar-refractivity contribution in [1.29, 1.82) is 0 Å². The van der Waals surface area contributed by atoms with Crippen LogP contribution >= 0.6 is 0 Å². The zero-order valence-electron chi connectivity index (χ0n) is 20.3. The number of aryl methyl sites for hydroxylation is 3. The van der Waals surface area contributed by atoms with E-state index < -0.39 is 6.04 Å². The van der Waals surface area contributed by atoms with Crippen molar-refractivity contribution in [3.63, 3.8) is 0 Å². The summed E-state index contributed by atoms with van der Waals surface area (Å²) in [6, 6.07) is 20.3. The Labute approximate surface area is 199 Å². The number of amides is 2. The maximum atomic E-state index is 13.7. The molecule has 0 spiro atoms. The van der Waals surface area contributed by atoms with E-state index in [0.29, 0.717) is 23.3 Å². The van der Waals surface area contributed by atoms with Gasteiger partial charge in [-0.1, -0.05) is 42.0 Å². The van der Waals surface area contributed by atoms with E-state index in [1.807, 2.05) is 95.3 Å². The van der Waals surface area contributed by atoms with Crippen LogP contribution in [-0.4, -0.2) is 27.0 Å². The van der Waals surface area contributed by atoms with Crippen LogP contribution in [0.25, 0.3) is 16.6 Å². The summed E-state index contributed by atoms with van der Waals surface area (Å²) in [6.45, 7) is 10.3. The number of anilines is 1. The number of urea groups is 1. The minimum atomic E-state index is -0.451. The van der Waals surface area contributed by atoms with Gasteiger partial charge in [0, 0.05) is 12.2 Å². The Balaban J connectivity index is 1.84. The van der Waals surface area contributed by atoms with Crippen LogP contribution in [0, 0.1) is 20.8 Å². The first-order chi connectivity index (χ1) is 16.3. The highest BCUT2D eigenvalue weighted by atomic mass is 16.2. The van der Waals surface area contributed by atoms with Gasteiger partial charge in [-0.15, -0.1) is 0 Å². The van der Waals surface area contributed by atoms with Gasteiger partial charge in [-0.2, -0.15) is 0 Å². The molecule has 0 radical (unpaired) electrons. The Bertz CT molecular complexity index is 1420. The van der Waals surface area contributed by atoms with Gasteiger partial charge in [-0.3, -0.25) is 9.36 Å². The lowest BCUT2D eigenvalue weighted by Gasteiger charge is -2.30. The standard InChI is InChI=1S/C28H30N4O2/c1-6-31(28(34)29-22-11-9-10-18(2)17-22)21(5)26-30-24-13-8-7-12-23(24)27(33)32(26)25-15-14-19(3)16-20(25)4/h7-17,21H,6H2,1-5H3,(H,29,34). The van der Waals surface area contributed by atoms with E-state index in [1.165, 1.54) is 0 Å². The van der Waals surface area contributed by atoms with Gasteiger partial charge in [0.15, 0.2) is 0 Å². The number of hydrogen-bond acceptors (Lipinski definition) is 3. The van der Waals surface area contributed by atoms with Crippen molar-refractivity contribution < 1.29 is 4.79 Å². The molecule has 1 atom stereocenters. The van der Waals surface area contributed by atoms with E-state index in [2.05, 4.69) is 5.32 Å². The highest BCUT2D eigenvalue weighted by molar-refractivity contribution is 5.89. The van der Waals surface area contributed by atoms with Gasteiger partial charge in [-0.05, 0) is 76.1 Å². The third-order valence-corrected chi connectivity index (χ3v) is 6.11. The number of hydrogen-bond donors (Lipinski definition) is 1. The number of nitrogens with zero attached hydrogens (tertiary/aromatic N) is 3. The number of benzene rings is 3. The number of aromatic nitrogens is 2. The molecule has 0 aliphatic heterocycles. The molecule has 0 aliphatic rings. The highest BCUT2D eigenvalue weighted by Crippen LogP contribution is 2.25. The third-order valence-electron chi connectivity index (χ3n) is 6.11. The molecule has 0 fully saturated rings. The molecule has 1 heterocycles. The first kappa shape index (κ1) is 23.2. The summed E-state index contributed by atoms with van der Waals surface area (Å²) >= 11 is 0. The van der Waals surface area contributed by atoms with E-state index in [1.54, 1.807) is 15.5 Å². The predicted octanol–water partition coefficient (Wildman–Crippen LogP) is 5.93. The summed E-state index contributed by atoms with van der Waals surface area (Å²) in [7, 11) is 0. The second-order valence-electron chi connectivity index (χ2n) is 8.68. The average Bonchev–Trinajstić information content (AvgIpc) is 2.80. The van der Waals surface area contributed by atoms with Crippen molar-refractivity contribution >= 4 is 22.6 Å². The van der Waals surface area contributed by atoms with Crippen molar-refractivity contribution in [2.45, 2.75) is 40.7 Å². The summed E-state index contributed by atoms with van der Waals surface area (Å²) in [4.78, 5) is 33.6. The zero-order chi connectivity index (χ0) is 24.4. The fraction of sp³-hybridized carbons (Fsp3) is 0.250. The Morgan fingerprint density at radius 1 is 1.00 bits per heavy atom. The first-order valence-corrected chi connectivity index (χ1v) is 11.5. The number of fused-ring (bicyclic) bond motifs is 1. The topological polar surface area (TPSA) is 67.2 Å². The van der Waals surface area contributed by atoms with Gasteiger partial charge in [0.05, 0.1) is 22.6 Å². The zero-order valence-corrected chi connectivity index (χ0v) is 20.3. The molecule has 1 N–H and O–H groups in total. The molecule has 0 saturated heterocycles. The number of nitrogens with one attached hydrogen (secondary N) is 1. The van der Waals surface area contributed by atoms with Gasteiger partial charge >= 0.3 is 6.03 Å². The molecule has 34 heavy (non-hydrogen) atoms. The largest absolute Gasteiger partial charge is 0.322 e. The minimum absolute atomic E-state index is 0.144. The quantitative estimate of drug-likeness (QED) is 0.407. The van der Waals surface area contributed by atoms with E-state index >= 15 is 0 Å². The van der Waals surface area contributed by atoms with Crippen molar-refractivity contribution in [3.8, 4) is 5.69 Å². The Morgan fingerprint density at radius 2 is 1.74 bits per heavy atom. The summed E-state index contributed by atoms with van der Waals surface area (Å²) in [6.07, 6.45) is 0. The molecule has 2 amide bonds. The highest BCUT2D eigenvalue weighted by Gasteiger charge is 2.26. The lowest BCUT2D eigenvalue weighted by molar-refractivity contribution is 0.193. The molecule has 0 bridgehead atoms. The smallest absolute Gasteiger partial charge is 0.315 e. The van der Waals surface area contributed by atoms with E-state index in [4.69, 9.17) is 4.98 Å². The molecule has 6 nitrogen and oxygen atoms in total. The molecule has 1 aromatic heterocycles. The molecule has 4 aromatic rings. The monoisotopic (exact) mass is 454 g/mol. The van der Waals surface area contributed by atoms with Crippen LogP contribution in [0.2, 0.25) is 0 Å². The Kier molecular flexibility index (Phi) is 6.50.